The van der Waals surface area contributed by atoms with E-state index in [-0.39, 0.29) is 34.2 Å². The number of methoxy groups -OCH3 is 1. The molecule has 9 nitrogen and oxygen atoms in total. The van der Waals surface area contributed by atoms with Crippen LogP contribution in [0, 0.1) is 0 Å². The van der Waals surface area contributed by atoms with Crippen molar-refractivity contribution in [3.05, 3.63) is 66.0 Å². The number of hydrogen-bond donors (Lipinski definition) is 3. The lowest BCUT2D eigenvalue weighted by atomic mass is 10.1. The van der Waals surface area contributed by atoms with Gasteiger partial charge in [-0.15, -0.1) is 0 Å². The van der Waals surface area contributed by atoms with E-state index >= 15 is 0 Å². The minimum atomic E-state index is -4.63. The van der Waals surface area contributed by atoms with E-state index in [0.29, 0.717) is 23.3 Å². The lowest BCUT2D eigenvalue weighted by Crippen LogP contribution is -2.42. The van der Waals surface area contributed by atoms with Gasteiger partial charge in [-0.3, -0.25) is 4.79 Å². The topological polar surface area (TPSA) is 128 Å². The van der Waals surface area contributed by atoms with Crippen molar-refractivity contribution in [2.45, 2.75) is 44.4 Å². The second kappa shape index (κ2) is 10.9. The molecule has 0 saturated heterocycles. The van der Waals surface area contributed by atoms with Gasteiger partial charge >= 0.3 is 6.18 Å². The van der Waals surface area contributed by atoms with Gasteiger partial charge in [0.1, 0.15) is 22.8 Å². The van der Waals surface area contributed by atoms with Crippen LogP contribution < -0.4 is 21.1 Å². The third-order valence-electron chi connectivity index (χ3n) is 6.20. The highest BCUT2D eigenvalue weighted by Crippen LogP contribution is 2.38. The number of carbonyl (C=O) groups excluding carboxylic acids is 1. The number of nitrogens with zero attached hydrogens (tertiary/aromatic N) is 3. The molecule has 3 aromatic rings. The molecular formula is C27H29F3N6O3. The summed E-state index contributed by atoms with van der Waals surface area (Å²) in [7, 11) is 1.34. The summed E-state index contributed by atoms with van der Waals surface area (Å²) in [5.74, 6) is 0.296. The predicted octanol–water partition coefficient (Wildman–Crippen LogP) is 4.91. The number of halogens is 3. The zero-order valence-electron chi connectivity index (χ0n) is 21.7. The molecule has 0 aliphatic heterocycles. The fraction of sp³-hybridized carbons (Fsp3) is 0.333. The van der Waals surface area contributed by atoms with Crippen LogP contribution in [-0.4, -0.2) is 41.3 Å². The number of fused-ring (bicyclic) bond motifs is 1. The van der Waals surface area contributed by atoms with E-state index in [0.717, 1.165) is 18.9 Å². The predicted molar refractivity (Wildman–Crippen MR) is 141 cm³/mol. The van der Waals surface area contributed by atoms with Crippen LogP contribution in [0.25, 0.3) is 22.4 Å². The summed E-state index contributed by atoms with van der Waals surface area (Å²) in [4.78, 5) is 25.5. The van der Waals surface area contributed by atoms with Crippen molar-refractivity contribution in [3.8, 4) is 17.2 Å². The lowest BCUT2D eigenvalue weighted by molar-refractivity contribution is -0.140. The number of aromatic nitrogens is 2. The number of pyridine rings is 1. The quantitative estimate of drug-likeness (QED) is 0.311. The number of rotatable bonds is 10. The standard InChI is InChI=1S/C27H29F3N6O3/c1-5-6-13-32-16(3)36-26(11-12-26)14-33-24(37)22-23(15(2)31)39-25(35-22)18-7-9-19(38-4)21-17(18)8-10-20(34-21)27(28,29)30/h5-10,13,15,36H,3,11-12,14,31H2,1-2,4H3,(H,33,37)/b6-5-,32-13?/t15-/m0/s1. The number of aliphatic imine (C=N–C) groups is 1. The molecule has 4 rings (SSSR count). The van der Waals surface area contributed by atoms with E-state index in [1.165, 1.54) is 19.2 Å². The van der Waals surface area contributed by atoms with E-state index in [1.54, 1.807) is 25.3 Å². The number of oxazole rings is 1. The van der Waals surface area contributed by atoms with Gasteiger partial charge in [0.15, 0.2) is 11.5 Å². The number of amides is 1. The van der Waals surface area contributed by atoms with Crippen molar-refractivity contribution in [1.82, 2.24) is 20.6 Å². The Hall–Kier alpha value is -4.19. The molecular weight excluding hydrogens is 513 g/mol. The first-order chi connectivity index (χ1) is 18.5. The van der Waals surface area contributed by atoms with Gasteiger partial charge in [0.25, 0.3) is 5.91 Å². The molecule has 2 heterocycles. The summed E-state index contributed by atoms with van der Waals surface area (Å²) in [6.07, 6.45) is 2.25. The number of carbonyl (C=O) groups is 1. The zero-order chi connectivity index (χ0) is 28.4. The monoisotopic (exact) mass is 542 g/mol. The van der Waals surface area contributed by atoms with E-state index in [9.17, 15) is 18.0 Å². The van der Waals surface area contributed by atoms with Crippen LogP contribution in [0.1, 0.15) is 54.7 Å². The summed E-state index contributed by atoms with van der Waals surface area (Å²) in [5.41, 5.74) is 4.95. The van der Waals surface area contributed by atoms with Crippen molar-refractivity contribution in [2.24, 2.45) is 10.7 Å². The van der Waals surface area contributed by atoms with E-state index in [2.05, 4.69) is 32.2 Å². The molecule has 1 aliphatic carbocycles. The molecule has 1 fully saturated rings. The van der Waals surface area contributed by atoms with Crippen LogP contribution in [0.4, 0.5) is 13.2 Å². The number of alkyl halides is 3. The minimum absolute atomic E-state index is 0.00966. The van der Waals surface area contributed by atoms with Crippen LogP contribution in [0.15, 0.2) is 58.2 Å². The van der Waals surface area contributed by atoms with Gasteiger partial charge in [-0.1, -0.05) is 12.7 Å². The van der Waals surface area contributed by atoms with E-state index in [1.807, 2.05) is 13.0 Å². The molecule has 1 saturated carbocycles. The maximum Gasteiger partial charge on any atom is 0.433 e. The van der Waals surface area contributed by atoms with Gasteiger partial charge in [0, 0.05) is 23.7 Å². The van der Waals surface area contributed by atoms with Crippen molar-refractivity contribution in [3.63, 3.8) is 0 Å². The summed E-state index contributed by atoms with van der Waals surface area (Å²) in [6, 6.07) is 4.51. The minimum Gasteiger partial charge on any atom is -0.494 e. The zero-order valence-corrected chi connectivity index (χ0v) is 21.7. The number of benzene rings is 1. The van der Waals surface area contributed by atoms with Gasteiger partial charge in [0.05, 0.1) is 18.7 Å². The van der Waals surface area contributed by atoms with Crippen molar-refractivity contribution < 1.29 is 27.1 Å². The maximum absolute atomic E-state index is 13.3. The van der Waals surface area contributed by atoms with Crippen molar-refractivity contribution in [2.75, 3.05) is 13.7 Å². The van der Waals surface area contributed by atoms with E-state index < -0.39 is 23.8 Å². The first kappa shape index (κ1) is 27.8. The van der Waals surface area contributed by atoms with Crippen LogP contribution in [-0.2, 0) is 6.18 Å². The molecule has 0 radical (unpaired) electrons. The fourth-order valence-corrected chi connectivity index (χ4v) is 4.01. The largest absolute Gasteiger partial charge is 0.494 e. The molecule has 1 atom stereocenters. The van der Waals surface area contributed by atoms with Gasteiger partial charge in [-0.2, -0.15) is 13.2 Å². The molecule has 4 N–H and O–H groups in total. The molecule has 0 spiro atoms. The van der Waals surface area contributed by atoms with Crippen molar-refractivity contribution >= 4 is 23.0 Å². The Morgan fingerprint density at radius 1 is 1.31 bits per heavy atom. The molecule has 1 amide bonds. The molecule has 2 aromatic heterocycles. The smallest absolute Gasteiger partial charge is 0.433 e. The van der Waals surface area contributed by atoms with Gasteiger partial charge < -0.3 is 25.5 Å². The van der Waals surface area contributed by atoms with Crippen molar-refractivity contribution in [1.29, 1.82) is 0 Å². The van der Waals surface area contributed by atoms with Crippen LogP contribution in [0.2, 0.25) is 0 Å². The average Bonchev–Trinajstić information content (AvgIpc) is 3.50. The Labute approximate surface area is 223 Å². The molecule has 1 aromatic carbocycles. The number of ether oxygens (including phenoxy) is 1. The number of nitrogens with one attached hydrogen (secondary N) is 2. The number of hydrogen-bond acceptors (Lipinski definition) is 8. The Bertz CT molecular complexity index is 1450. The average molecular weight is 543 g/mol. The molecule has 39 heavy (non-hydrogen) atoms. The van der Waals surface area contributed by atoms with E-state index in [4.69, 9.17) is 14.9 Å². The van der Waals surface area contributed by atoms with Gasteiger partial charge in [-0.05, 0) is 57.0 Å². The highest BCUT2D eigenvalue weighted by Gasteiger charge is 2.43. The SMILES string of the molecule is C=C(N=C/C=C\C)NC1(CNC(=O)c2nc(-c3ccc(OC)c4nc(C(F)(F)F)ccc34)oc2[C@H](C)N)CC1. The molecule has 12 heteroatoms. The van der Waals surface area contributed by atoms with Crippen LogP contribution >= 0.6 is 0 Å². The Kier molecular flexibility index (Phi) is 7.77. The number of allylic oxidation sites excluding steroid dienone is 2. The first-order valence-corrected chi connectivity index (χ1v) is 12.2. The van der Waals surface area contributed by atoms with Crippen LogP contribution in [0.5, 0.6) is 5.75 Å². The molecule has 0 bridgehead atoms. The molecule has 0 unspecified atom stereocenters. The Balaban J connectivity index is 1.61. The van der Waals surface area contributed by atoms with Crippen LogP contribution in [0.3, 0.4) is 0 Å². The fourth-order valence-electron chi connectivity index (χ4n) is 4.01. The molecule has 206 valence electrons. The van der Waals surface area contributed by atoms with Gasteiger partial charge in [-0.25, -0.2) is 15.0 Å². The maximum atomic E-state index is 13.3. The number of nitrogens with two attached hydrogens (primary N) is 1. The van der Waals surface area contributed by atoms with Gasteiger partial charge in [0.2, 0.25) is 5.89 Å². The molecule has 1 aliphatic rings. The normalized spacial score (nSPS) is 15.6. The summed E-state index contributed by atoms with van der Waals surface area (Å²) < 4.78 is 51.0. The second-order valence-electron chi connectivity index (χ2n) is 9.27. The lowest BCUT2D eigenvalue weighted by Gasteiger charge is -2.18. The first-order valence-electron chi connectivity index (χ1n) is 12.2. The Morgan fingerprint density at radius 2 is 2.05 bits per heavy atom. The highest BCUT2D eigenvalue weighted by molar-refractivity contribution is 5.98. The second-order valence-corrected chi connectivity index (χ2v) is 9.27. The third kappa shape index (κ3) is 6.11. The highest BCUT2D eigenvalue weighted by atomic mass is 19.4. The Morgan fingerprint density at radius 3 is 2.67 bits per heavy atom. The summed E-state index contributed by atoms with van der Waals surface area (Å²) in [5, 5.41) is 6.42. The summed E-state index contributed by atoms with van der Waals surface area (Å²) in [6.45, 7) is 7.70. The summed E-state index contributed by atoms with van der Waals surface area (Å²) >= 11 is 0. The third-order valence-corrected chi connectivity index (χ3v) is 6.20.